The van der Waals surface area contributed by atoms with Gasteiger partial charge in [0.15, 0.2) is 0 Å². The Kier molecular flexibility index (Phi) is 4.08. The molecule has 7 heteroatoms. The van der Waals surface area contributed by atoms with E-state index in [0.717, 1.165) is 19.3 Å². The second kappa shape index (κ2) is 6.26. The SMILES string of the molecule is O=C(c1cnccn1)N1CCN(C(=O)C23CC4CC(CC(Br)(C4)C2)C3)CC1. The predicted molar refractivity (Wildman–Crippen MR) is 103 cm³/mol. The van der Waals surface area contributed by atoms with E-state index in [1.54, 1.807) is 11.1 Å². The summed E-state index contributed by atoms with van der Waals surface area (Å²) in [5, 5.41) is 0. The molecule has 5 fully saturated rings. The molecule has 0 aromatic carbocycles. The molecule has 2 unspecified atom stereocenters. The van der Waals surface area contributed by atoms with Gasteiger partial charge >= 0.3 is 0 Å². The second-order valence-electron chi connectivity index (χ2n) is 9.07. The maximum absolute atomic E-state index is 13.5. The highest BCUT2D eigenvalue weighted by molar-refractivity contribution is 9.10. The number of alkyl halides is 1. The first kappa shape index (κ1) is 17.6. The van der Waals surface area contributed by atoms with E-state index >= 15 is 0 Å². The number of nitrogens with zero attached hydrogens (tertiary/aromatic N) is 4. The van der Waals surface area contributed by atoms with Crippen LogP contribution >= 0.6 is 15.9 Å². The van der Waals surface area contributed by atoms with Gasteiger partial charge in [-0.1, -0.05) is 15.9 Å². The zero-order valence-corrected chi connectivity index (χ0v) is 17.0. The van der Waals surface area contributed by atoms with Crippen molar-refractivity contribution in [3.8, 4) is 0 Å². The van der Waals surface area contributed by atoms with Gasteiger partial charge in [0.1, 0.15) is 5.69 Å². The maximum atomic E-state index is 13.5. The summed E-state index contributed by atoms with van der Waals surface area (Å²) in [5.41, 5.74) is 0.213. The molecule has 2 amide bonds. The minimum absolute atomic E-state index is 0.0931. The van der Waals surface area contributed by atoms with Crippen LogP contribution in [-0.2, 0) is 4.79 Å². The fourth-order valence-electron chi connectivity index (χ4n) is 6.42. The molecule has 1 aromatic rings. The zero-order valence-electron chi connectivity index (χ0n) is 15.4. The van der Waals surface area contributed by atoms with Crippen LogP contribution in [-0.4, -0.2) is 62.1 Å². The van der Waals surface area contributed by atoms with Gasteiger partial charge in [0, 0.05) is 42.9 Å². The Hall–Kier alpha value is -1.50. The zero-order chi connectivity index (χ0) is 18.6. The van der Waals surface area contributed by atoms with Crippen LogP contribution in [0.4, 0.5) is 0 Å². The molecule has 2 heterocycles. The molecule has 6 rings (SSSR count). The minimum atomic E-state index is -0.162. The smallest absolute Gasteiger partial charge is 0.274 e. The van der Waals surface area contributed by atoms with Crippen LogP contribution in [0.25, 0.3) is 0 Å². The Balaban J connectivity index is 1.26. The molecule has 27 heavy (non-hydrogen) atoms. The van der Waals surface area contributed by atoms with Gasteiger partial charge in [0.05, 0.1) is 11.6 Å². The minimum Gasteiger partial charge on any atom is -0.339 e. The van der Waals surface area contributed by atoms with E-state index in [-0.39, 0.29) is 15.6 Å². The number of halogens is 1. The lowest BCUT2D eigenvalue weighted by Crippen LogP contribution is -2.61. The molecule has 0 N–H and O–H groups in total. The van der Waals surface area contributed by atoms with Crippen molar-refractivity contribution in [1.29, 1.82) is 0 Å². The van der Waals surface area contributed by atoms with Gasteiger partial charge < -0.3 is 9.80 Å². The summed E-state index contributed by atoms with van der Waals surface area (Å²) >= 11 is 4.00. The van der Waals surface area contributed by atoms with Crippen LogP contribution in [0, 0.1) is 17.3 Å². The summed E-state index contributed by atoms with van der Waals surface area (Å²) in [6.07, 6.45) is 11.5. The van der Waals surface area contributed by atoms with Gasteiger partial charge in [0.25, 0.3) is 5.91 Å². The Morgan fingerprint density at radius 1 is 1.00 bits per heavy atom. The van der Waals surface area contributed by atoms with Crippen LogP contribution in [0.3, 0.4) is 0 Å². The molecular weight excluding hydrogens is 408 g/mol. The number of carbonyl (C=O) groups excluding carboxylic acids is 2. The van der Waals surface area contributed by atoms with Gasteiger partial charge in [-0.3, -0.25) is 14.6 Å². The summed E-state index contributed by atoms with van der Waals surface area (Å²) < 4.78 is 0.191. The number of hydrogen-bond acceptors (Lipinski definition) is 4. The first-order valence-corrected chi connectivity index (χ1v) is 10.8. The number of amides is 2. The normalized spacial score (nSPS) is 37.5. The Morgan fingerprint density at radius 2 is 1.67 bits per heavy atom. The molecule has 2 atom stereocenters. The standard InChI is InChI=1S/C20H25BrN4O2/c21-20-10-14-7-15(11-20)9-19(8-14,13-20)18(27)25-5-3-24(4-6-25)17(26)16-12-22-1-2-23-16/h1-2,12,14-15H,3-11,13H2. The molecule has 1 saturated heterocycles. The van der Waals surface area contributed by atoms with Crippen molar-refractivity contribution in [2.24, 2.45) is 17.3 Å². The highest BCUT2D eigenvalue weighted by atomic mass is 79.9. The Morgan fingerprint density at radius 3 is 2.26 bits per heavy atom. The van der Waals surface area contributed by atoms with Crippen LogP contribution in [0.5, 0.6) is 0 Å². The van der Waals surface area contributed by atoms with Crippen LogP contribution in [0.15, 0.2) is 18.6 Å². The first-order valence-electron chi connectivity index (χ1n) is 10.0. The summed E-state index contributed by atoms with van der Waals surface area (Å²) in [7, 11) is 0. The van der Waals surface area contributed by atoms with Crippen molar-refractivity contribution in [2.45, 2.75) is 42.8 Å². The van der Waals surface area contributed by atoms with Crippen LogP contribution in [0.1, 0.15) is 49.0 Å². The Bertz CT molecular complexity index is 749. The van der Waals surface area contributed by atoms with Crippen LogP contribution in [0.2, 0.25) is 0 Å². The lowest BCUT2D eigenvalue weighted by Gasteiger charge is -2.60. The summed E-state index contributed by atoms with van der Waals surface area (Å²) in [6.45, 7) is 2.39. The Labute approximate surface area is 167 Å². The fraction of sp³-hybridized carbons (Fsp3) is 0.700. The molecule has 0 radical (unpaired) electrons. The highest BCUT2D eigenvalue weighted by Crippen LogP contribution is 2.64. The largest absolute Gasteiger partial charge is 0.339 e. The molecule has 4 aliphatic carbocycles. The van der Waals surface area contributed by atoms with Gasteiger partial charge in [-0.05, 0) is 50.4 Å². The molecular formula is C20H25BrN4O2. The van der Waals surface area contributed by atoms with Gasteiger partial charge in [-0.25, -0.2) is 4.98 Å². The van der Waals surface area contributed by atoms with Gasteiger partial charge in [0.2, 0.25) is 5.91 Å². The third kappa shape index (κ3) is 2.98. The monoisotopic (exact) mass is 432 g/mol. The van der Waals surface area contributed by atoms with E-state index in [1.807, 2.05) is 4.90 Å². The van der Waals surface area contributed by atoms with Crippen molar-refractivity contribution < 1.29 is 9.59 Å². The van der Waals surface area contributed by atoms with E-state index in [0.29, 0.717) is 49.6 Å². The van der Waals surface area contributed by atoms with E-state index in [1.165, 1.54) is 31.7 Å². The average molecular weight is 433 g/mol. The lowest BCUT2D eigenvalue weighted by molar-refractivity contribution is -0.157. The highest BCUT2D eigenvalue weighted by Gasteiger charge is 2.60. The predicted octanol–water partition coefficient (Wildman–Crippen LogP) is 2.49. The lowest BCUT2D eigenvalue weighted by atomic mass is 9.49. The number of hydrogen-bond donors (Lipinski definition) is 0. The summed E-state index contributed by atoms with van der Waals surface area (Å²) in [5.74, 6) is 1.65. The number of rotatable bonds is 2. The molecule has 4 bridgehead atoms. The molecule has 1 aliphatic heterocycles. The van der Waals surface area contributed by atoms with Crippen molar-refractivity contribution >= 4 is 27.7 Å². The third-order valence-electron chi connectivity index (χ3n) is 7.08. The maximum Gasteiger partial charge on any atom is 0.274 e. The van der Waals surface area contributed by atoms with Gasteiger partial charge in [-0.2, -0.15) is 0 Å². The van der Waals surface area contributed by atoms with Crippen molar-refractivity contribution in [2.75, 3.05) is 26.2 Å². The topological polar surface area (TPSA) is 66.4 Å². The number of aromatic nitrogens is 2. The molecule has 5 aliphatic rings. The fourth-order valence-corrected chi connectivity index (χ4v) is 7.87. The van der Waals surface area contributed by atoms with Gasteiger partial charge in [-0.15, -0.1) is 0 Å². The third-order valence-corrected chi connectivity index (χ3v) is 8.01. The van der Waals surface area contributed by atoms with E-state index in [4.69, 9.17) is 0 Å². The van der Waals surface area contributed by atoms with E-state index in [9.17, 15) is 9.59 Å². The number of piperazine rings is 1. The summed E-state index contributed by atoms with van der Waals surface area (Å²) in [6, 6.07) is 0. The molecule has 144 valence electrons. The van der Waals surface area contributed by atoms with E-state index < -0.39 is 0 Å². The van der Waals surface area contributed by atoms with Crippen LogP contribution < -0.4 is 0 Å². The second-order valence-corrected chi connectivity index (χ2v) is 10.7. The number of carbonyl (C=O) groups is 2. The molecule has 6 nitrogen and oxygen atoms in total. The molecule has 0 spiro atoms. The average Bonchev–Trinajstić information content (AvgIpc) is 2.66. The first-order chi connectivity index (χ1) is 13.0. The molecule has 1 aromatic heterocycles. The van der Waals surface area contributed by atoms with Crippen molar-refractivity contribution in [1.82, 2.24) is 19.8 Å². The van der Waals surface area contributed by atoms with Crippen molar-refractivity contribution in [3.63, 3.8) is 0 Å². The van der Waals surface area contributed by atoms with Crippen molar-refractivity contribution in [3.05, 3.63) is 24.3 Å². The quantitative estimate of drug-likeness (QED) is 0.673. The van der Waals surface area contributed by atoms with E-state index in [2.05, 4.69) is 25.9 Å². The molecule has 4 saturated carbocycles. The summed E-state index contributed by atoms with van der Waals surface area (Å²) in [4.78, 5) is 38.0.